The first-order chi connectivity index (χ1) is 17.7. The van der Waals surface area contributed by atoms with Crippen LogP contribution < -0.4 is 20.9 Å². The number of carbonyl (C=O) groups is 3. The highest BCUT2D eigenvalue weighted by molar-refractivity contribution is 6.02. The molecule has 1 saturated heterocycles. The average molecular weight is 511 g/mol. The summed E-state index contributed by atoms with van der Waals surface area (Å²) in [4.78, 5) is 39.3. The Bertz CT molecular complexity index is 1290. The molecule has 3 aromatic carbocycles. The third kappa shape index (κ3) is 5.91. The van der Waals surface area contributed by atoms with Gasteiger partial charge in [-0.2, -0.15) is 13.2 Å². The number of alkyl halides is 3. The van der Waals surface area contributed by atoms with Gasteiger partial charge in [0.05, 0.1) is 5.56 Å². The van der Waals surface area contributed by atoms with Crippen molar-refractivity contribution in [2.75, 3.05) is 23.8 Å². The molecule has 1 heterocycles. The number of benzene rings is 3. The number of amides is 4. The molecule has 0 spiro atoms. The van der Waals surface area contributed by atoms with E-state index in [1.165, 1.54) is 0 Å². The second-order valence-corrected chi connectivity index (χ2v) is 8.53. The fourth-order valence-electron chi connectivity index (χ4n) is 4.22. The molecule has 1 unspecified atom stereocenters. The summed E-state index contributed by atoms with van der Waals surface area (Å²) in [6.07, 6.45) is -3.38. The van der Waals surface area contributed by atoms with Gasteiger partial charge in [0, 0.05) is 30.5 Å². The molecule has 0 aliphatic carbocycles. The van der Waals surface area contributed by atoms with Crippen LogP contribution in [-0.4, -0.2) is 37.5 Å². The number of rotatable bonds is 5. The Morgan fingerprint density at radius 2 is 1.62 bits per heavy atom. The Kier molecular flexibility index (Phi) is 7.47. The summed E-state index contributed by atoms with van der Waals surface area (Å²) in [6.45, 7) is 0.478. The molecule has 4 rings (SSSR count). The first-order valence-corrected chi connectivity index (χ1v) is 11.6. The van der Waals surface area contributed by atoms with E-state index in [4.69, 9.17) is 0 Å². The van der Waals surface area contributed by atoms with E-state index in [2.05, 4.69) is 16.0 Å². The van der Waals surface area contributed by atoms with Gasteiger partial charge in [-0.25, -0.2) is 4.79 Å². The first kappa shape index (κ1) is 25.7. The van der Waals surface area contributed by atoms with E-state index in [0.717, 1.165) is 35.4 Å². The van der Waals surface area contributed by atoms with Crippen molar-refractivity contribution in [1.82, 2.24) is 10.6 Å². The second-order valence-electron chi connectivity index (χ2n) is 8.53. The molecule has 1 atom stereocenters. The average Bonchev–Trinajstić information content (AvgIpc) is 2.89. The summed E-state index contributed by atoms with van der Waals surface area (Å²) in [6, 6.07) is 17.1. The molecule has 0 aromatic heterocycles. The van der Waals surface area contributed by atoms with E-state index < -0.39 is 23.8 Å². The Hall–Kier alpha value is -4.34. The van der Waals surface area contributed by atoms with Crippen molar-refractivity contribution in [2.45, 2.75) is 25.1 Å². The van der Waals surface area contributed by atoms with Crippen LogP contribution in [0.25, 0.3) is 11.1 Å². The van der Waals surface area contributed by atoms with Crippen LogP contribution in [0.2, 0.25) is 0 Å². The van der Waals surface area contributed by atoms with Gasteiger partial charge in [0.25, 0.3) is 5.91 Å². The Morgan fingerprint density at radius 3 is 2.27 bits per heavy atom. The third-order valence-electron chi connectivity index (χ3n) is 6.10. The summed E-state index contributed by atoms with van der Waals surface area (Å²) in [5.74, 6) is -0.485. The molecule has 0 saturated carbocycles. The Balaban J connectivity index is 1.42. The molecule has 1 fully saturated rings. The van der Waals surface area contributed by atoms with Crippen LogP contribution in [0.1, 0.15) is 28.8 Å². The number of urea groups is 1. The lowest BCUT2D eigenvalue weighted by molar-refractivity contribution is -0.137. The van der Waals surface area contributed by atoms with Crippen LogP contribution in [-0.2, 0) is 11.0 Å². The maximum absolute atomic E-state index is 13.1. The fraction of sp³-hybridized carbons (Fsp3) is 0.222. The van der Waals surface area contributed by atoms with Crippen molar-refractivity contribution in [1.29, 1.82) is 0 Å². The van der Waals surface area contributed by atoms with E-state index in [-0.39, 0.29) is 17.5 Å². The van der Waals surface area contributed by atoms with Gasteiger partial charge < -0.3 is 20.9 Å². The molecule has 1 aliphatic heterocycles. The van der Waals surface area contributed by atoms with Crippen LogP contribution in [0.15, 0.2) is 72.8 Å². The van der Waals surface area contributed by atoms with Crippen LogP contribution >= 0.6 is 0 Å². The second kappa shape index (κ2) is 10.7. The standard InChI is InChI=1S/C27H25F3N4O3/c1-31-24(35)22-6-3-2-5-21(22)17-8-14-20(15-9-17)34-16-4-7-23(25(34)36)33-26(37)32-19-12-10-18(11-13-19)27(28,29)30/h2-3,5-6,8-15,23H,4,7,16H2,1H3,(H,31,35)(H2,32,33,37). The number of halogens is 3. The summed E-state index contributed by atoms with van der Waals surface area (Å²) >= 11 is 0. The van der Waals surface area contributed by atoms with E-state index in [1.54, 1.807) is 36.2 Å². The lowest BCUT2D eigenvalue weighted by atomic mass is 9.98. The lowest BCUT2D eigenvalue weighted by Gasteiger charge is -2.32. The smallest absolute Gasteiger partial charge is 0.355 e. The minimum absolute atomic E-state index is 0.179. The fourth-order valence-corrected chi connectivity index (χ4v) is 4.22. The van der Waals surface area contributed by atoms with E-state index in [1.807, 2.05) is 24.3 Å². The van der Waals surface area contributed by atoms with Gasteiger partial charge >= 0.3 is 12.2 Å². The topological polar surface area (TPSA) is 90.5 Å². The van der Waals surface area contributed by atoms with Crippen molar-refractivity contribution < 1.29 is 27.6 Å². The molecule has 3 aromatic rings. The van der Waals surface area contributed by atoms with E-state index in [0.29, 0.717) is 30.6 Å². The number of nitrogens with one attached hydrogen (secondary N) is 3. The molecule has 0 radical (unpaired) electrons. The maximum Gasteiger partial charge on any atom is 0.416 e. The highest BCUT2D eigenvalue weighted by atomic mass is 19.4. The minimum atomic E-state index is -4.47. The maximum atomic E-state index is 13.1. The molecule has 1 aliphatic rings. The van der Waals surface area contributed by atoms with E-state index in [9.17, 15) is 27.6 Å². The quantitative estimate of drug-likeness (QED) is 0.449. The normalized spacial score (nSPS) is 15.7. The molecular weight excluding hydrogens is 485 g/mol. The number of piperidine rings is 1. The number of anilines is 2. The van der Waals surface area contributed by atoms with Crippen molar-refractivity contribution >= 4 is 29.2 Å². The van der Waals surface area contributed by atoms with Crippen molar-refractivity contribution in [3.63, 3.8) is 0 Å². The van der Waals surface area contributed by atoms with E-state index >= 15 is 0 Å². The largest absolute Gasteiger partial charge is 0.416 e. The highest BCUT2D eigenvalue weighted by Crippen LogP contribution is 2.30. The molecule has 0 bridgehead atoms. The van der Waals surface area contributed by atoms with Gasteiger partial charge in [-0.05, 0) is 66.4 Å². The Labute approximate surface area is 211 Å². The molecular formula is C27H25F3N4O3. The summed E-state index contributed by atoms with van der Waals surface area (Å²) < 4.78 is 38.2. The minimum Gasteiger partial charge on any atom is -0.355 e. The van der Waals surface area contributed by atoms with Crippen LogP contribution in [0, 0.1) is 0 Å². The number of hydrogen-bond acceptors (Lipinski definition) is 3. The number of carbonyl (C=O) groups excluding carboxylic acids is 3. The molecule has 37 heavy (non-hydrogen) atoms. The zero-order valence-electron chi connectivity index (χ0n) is 19.9. The number of hydrogen-bond donors (Lipinski definition) is 3. The van der Waals surface area contributed by atoms with Gasteiger partial charge in [-0.15, -0.1) is 0 Å². The first-order valence-electron chi connectivity index (χ1n) is 11.6. The predicted octanol–water partition coefficient (Wildman–Crippen LogP) is 5.05. The third-order valence-corrected chi connectivity index (χ3v) is 6.10. The summed E-state index contributed by atoms with van der Waals surface area (Å²) in [5, 5.41) is 7.71. The summed E-state index contributed by atoms with van der Waals surface area (Å²) in [7, 11) is 1.57. The van der Waals surface area contributed by atoms with Gasteiger partial charge in [0.2, 0.25) is 5.91 Å². The zero-order valence-corrected chi connectivity index (χ0v) is 19.9. The van der Waals surface area contributed by atoms with Gasteiger partial charge in [0.15, 0.2) is 0 Å². The van der Waals surface area contributed by atoms with Crippen LogP contribution in [0.4, 0.5) is 29.3 Å². The van der Waals surface area contributed by atoms with Gasteiger partial charge in [0.1, 0.15) is 6.04 Å². The van der Waals surface area contributed by atoms with Crippen LogP contribution in [0.3, 0.4) is 0 Å². The Morgan fingerprint density at radius 1 is 0.946 bits per heavy atom. The van der Waals surface area contributed by atoms with Gasteiger partial charge in [-0.1, -0.05) is 30.3 Å². The van der Waals surface area contributed by atoms with Crippen LogP contribution in [0.5, 0.6) is 0 Å². The van der Waals surface area contributed by atoms with Crippen molar-refractivity contribution in [2.24, 2.45) is 0 Å². The zero-order chi connectivity index (χ0) is 26.6. The molecule has 7 nitrogen and oxygen atoms in total. The lowest BCUT2D eigenvalue weighted by Crippen LogP contribution is -2.53. The SMILES string of the molecule is CNC(=O)c1ccccc1-c1ccc(N2CCCC(NC(=O)Nc3ccc(C(F)(F)F)cc3)C2=O)cc1. The molecule has 10 heteroatoms. The van der Waals surface area contributed by atoms with Crippen molar-refractivity contribution in [3.05, 3.63) is 83.9 Å². The predicted molar refractivity (Wildman–Crippen MR) is 134 cm³/mol. The van der Waals surface area contributed by atoms with Crippen molar-refractivity contribution in [3.8, 4) is 11.1 Å². The number of nitrogens with zero attached hydrogens (tertiary/aromatic N) is 1. The molecule has 3 N–H and O–H groups in total. The molecule has 192 valence electrons. The highest BCUT2D eigenvalue weighted by Gasteiger charge is 2.32. The summed E-state index contributed by atoms with van der Waals surface area (Å²) in [5.41, 5.74) is 2.13. The monoisotopic (exact) mass is 510 g/mol. The molecule has 4 amide bonds. The van der Waals surface area contributed by atoms with Gasteiger partial charge in [-0.3, -0.25) is 9.59 Å².